The van der Waals surface area contributed by atoms with E-state index in [1.165, 1.54) is 16.1 Å². The number of aromatic nitrogens is 8. The van der Waals surface area contributed by atoms with Crippen LogP contribution < -0.4 is 10.6 Å². The van der Waals surface area contributed by atoms with Gasteiger partial charge in [-0.15, -0.1) is 15.0 Å². The van der Waals surface area contributed by atoms with Crippen LogP contribution in [0.15, 0.2) is 30.7 Å². The molecular weight excluding hydrogens is 584 g/mol. The Morgan fingerprint density at radius 1 is 1.16 bits per heavy atom. The van der Waals surface area contributed by atoms with Crippen LogP contribution >= 0.6 is 11.3 Å². The number of anilines is 3. The largest absolute Gasteiger partial charge is 0.444 e. The van der Waals surface area contributed by atoms with Gasteiger partial charge in [-0.2, -0.15) is 5.10 Å². The summed E-state index contributed by atoms with van der Waals surface area (Å²) in [5, 5.41) is 24.6. The second kappa shape index (κ2) is 12.8. The maximum absolute atomic E-state index is 12.7. The van der Waals surface area contributed by atoms with Gasteiger partial charge in [0.1, 0.15) is 22.9 Å². The van der Waals surface area contributed by atoms with Gasteiger partial charge >= 0.3 is 6.09 Å². The predicted octanol–water partition coefficient (Wildman–Crippen LogP) is 3.30. The molecule has 2 fully saturated rings. The number of likely N-dealkylation sites (tertiary alicyclic amines) is 1. The summed E-state index contributed by atoms with van der Waals surface area (Å²) < 4.78 is 12.8. The first-order valence-electron chi connectivity index (χ1n) is 14.7. The normalized spacial score (nSPS) is 17.9. The lowest BCUT2D eigenvalue weighted by Gasteiger charge is -2.34. The Morgan fingerprint density at radius 2 is 1.98 bits per heavy atom. The Kier molecular flexibility index (Phi) is 8.72. The van der Waals surface area contributed by atoms with Crippen LogP contribution in [0.4, 0.5) is 21.6 Å². The van der Waals surface area contributed by atoms with Gasteiger partial charge < -0.3 is 25.0 Å². The number of carbonyl (C=O) groups is 1. The number of morpholine rings is 1. The average Bonchev–Trinajstić information content (AvgIpc) is 3.74. The fraction of sp³-hybridized carbons (Fsp3) is 0.536. The lowest BCUT2D eigenvalue weighted by molar-refractivity contribution is 0.0206. The molecule has 0 bridgehead atoms. The van der Waals surface area contributed by atoms with E-state index in [1.54, 1.807) is 22.0 Å². The smallest absolute Gasteiger partial charge is 0.410 e. The number of carbonyl (C=O) groups excluding carboxylic acids is 1. The third-order valence-corrected chi connectivity index (χ3v) is 8.03. The maximum atomic E-state index is 12.7. The molecule has 16 heteroatoms. The average molecular weight is 623 g/mol. The van der Waals surface area contributed by atoms with Gasteiger partial charge in [0.05, 0.1) is 36.7 Å². The highest BCUT2D eigenvalue weighted by Crippen LogP contribution is 2.29. The molecule has 0 aliphatic carbocycles. The molecule has 0 unspecified atom stereocenters. The predicted molar refractivity (Wildman–Crippen MR) is 165 cm³/mol. The number of hydrogen-bond donors (Lipinski definition) is 2. The van der Waals surface area contributed by atoms with Crippen LogP contribution in [0.25, 0.3) is 16.4 Å². The van der Waals surface area contributed by atoms with Crippen molar-refractivity contribution in [1.82, 2.24) is 49.8 Å². The molecule has 2 N–H and O–H groups in total. The second-order valence-corrected chi connectivity index (χ2v) is 13.0. The summed E-state index contributed by atoms with van der Waals surface area (Å²) in [6.45, 7) is 10.9. The number of thiazole rings is 1. The number of pyridine rings is 1. The van der Waals surface area contributed by atoms with Crippen molar-refractivity contribution in [3.8, 4) is 16.4 Å². The molecule has 0 saturated carbocycles. The van der Waals surface area contributed by atoms with E-state index < -0.39 is 5.60 Å². The van der Waals surface area contributed by atoms with E-state index in [0.29, 0.717) is 29.9 Å². The van der Waals surface area contributed by atoms with Gasteiger partial charge in [0.25, 0.3) is 0 Å². The van der Waals surface area contributed by atoms with E-state index in [-0.39, 0.29) is 12.1 Å². The molecule has 234 valence electrons. The number of nitrogens with zero attached hydrogens (tertiary/aromatic N) is 10. The minimum atomic E-state index is -0.533. The Hall–Kier alpha value is -4.15. The Morgan fingerprint density at radius 3 is 2.75 bits per heavy atom. The summed E-state index contributed by atoms with van der Waals surface area (Å²) in [4.78, 5) is 28.5. The molecule has 2 aliphatic rings. The molecule has 6 rings (SSSR count). The van der Waals surface area contributed by atoms with E-state index in [9.17, 15) is 4.79 Å². The van der Waals surface area contributed by atoms with Gasteiger partial charge in [-0.25, -0.2) is 14.8 Å². The van der Waals surface area contributed by atoms with Crippen molar-refractivity contribution in [2.45, 2.75) is 51.8 Å². The fourth-order valence-electron chi connectivity index (χ4n) is 5.11. The minimum Gasteiger partial charge on any atom is -0.444 e. The Labute approximate surface area is 259 Å². The van der Waals surface area contributed by atoms with E-state index in [1.807, 2.05) is 40.1 Å². The highest BCUT2D eigenvalue weighted by molar-refractivity contribution is 7.18. The quantitative estimate of drug-likeness (QED) is 0.296. The molecule has 0 radical (unpaired) electrons. The molecule has 2 saturated heterocycles. The number of nitrogens with one attached hydrogen (secondary N) is 2. The summed E-state index contributed by atoms with van der Waals surface area (Å²) in [5.41, 5.74) is 1.31. The molecule has 0 aromatic carbocycles. The van der Waals surface area contributed by atoms with Gasteiger partial charge in [-0.1, -0.05) is 11.3 Å². The SMILES string of the molecule is Cn1cc(-n2nnc(-c3cnc(Nc4cc(CN5CCOCC5)cc(N[C@H]5CCCN(C(=O)OC(C)(C)C)C5)n4)s3)n2)cn1. The Balaban J connectivity index is 1.18. The van der Waals surface area contributed by atoms with Crippen LogP contribution in [-0.2, 0) is 23.1 Å². The van der Waals surface area contributed by atoms with Crippen LogP contribution in [0.1, 0.15) is 39.2 Å². The van der Waals surface area contributed by atoms with Crippen molar-refractivity contribution in [3.63, 3.8) is 0 Å². The molecule has 15 nitrogen and oxygen atoms in total. The van der Waals surface area contributed by atoms with E-state index in [0.717, 1.165) is 67.6 Å². The third kappa shape index (κ3) is 7.67. The fourth-order valence-corrected chi connectivity index (χ4v) is 5.86. The molecule has 2 aliphatic heterocycles. The highest BCUT2D eigenvalue weighted by Gasteiger charge is 2.28. The zero-order valence-corrected chi connectivity index (χ0v) is 26.2. The van der Waals surface area contributed by atoms with Crippen LogP contribution in [0.5, 0.6) is 0 Å². The molecular formula is C28H38N12O3S. The number of tetrazole rings is 1. The van der Waals surface area contributed by atoms with Crippen molar-refractivity contribution in [2.24, 2.45) is 7.05 Å². The number of ether oxygens (including phenoxy) is 2. The number of rotatable bonds is 8. The summed E-state index contributed by atoms with van der Waals surface area (Å²) in [6.07, 6.45) is 6.75. The van der Waals surface area contributed by atoms with E-state index in [4.69, 9.17) is 14.5 Å². The number of amides is 1. The zero-order valence-electron chi connectivity index (χ0n) is 25.4. The summed E-state index contributed by atoms with van der Waals surface area (Å²) in [7, 11) is 1.83. The maximum Gasteiger partial charge on any atom is 0.410 e. The van der Waals surface area contributed by atoms with Gasteiger partial charge in [-0.3, -0.25) is 9.58 Å². The minimum absolute atomic E-state index is 0.0511. The van der Waals surface area contributed by atoms with Crippen molar-refractivity contribution < 1.29 is 14.3 Å². The molecule has 4 aromatic heterocycles. The van der Waals surface area contributed by atoms with Crippen molar-refractivity contribution >= 4 is 34.2 Å². The van der Waals surface area contributed by atoms with Crippen molar-refractivity contribution in [2.75, 3.05) is 50.0 Å². The molecule has 0 spiro atoms. The lowest BCUT2D eigenvalue weighted by Crippen LogP contribution is -2.47. The van der Waals surface area contributed by atoms with Crippen LogP contribution in [-0.4, -0.2) is 107 Å². The third-order valence-electron chi connectivity index (χ3n) is 7.12. The molecule has 4 aromatic rings. The highest BCUT2D eigenvalue weighted by atomic mass is 32.1. The van der Waals surface area contributed by atoms with Crippen LogP contribution in [0, 0.1) is 0 Å². The van der Waals surface area contributed by atoms with Crippen LogP contribution in [0.2, 0.25) is 0 Å². The lowest BCUT2D eigenvalue weighted by atomic mass is 10.1. The second-order valence-electron chi connectivity index (χ2n) is 12.0. The number of aryl methyl sites for hydroxylation is 1. The van der Waals surface area contributed by atoms with Gasteiger partial charge in [0.15, 0.2) is 5.13 Å². The van der Waals surface area contributed by atoms with E-state index in [2.05, 4.69) is 47.1 Å². The summed E-state index contributed by atoms with van der Waals surface area (Å²) in [6, 6.07) is 4.18. The molecule has 44 heavy (non-hydrogen) atoms. The molecule has 1 amide bonds. The topological polar surface area (TPSA) is 153 Å². The van der Waals surface area contributed by atoms with E-state index >= 15 is 0 Å². The standard InChI is InChI=1S/C28H38N12O3S/c1-28(2,3)43-27(41)39-7-5-6-20(17-39)31-23-12-19(16-38-8-10-42-11-9-38)13-24(32-23)33-26-29-15-22(44-26)25-34-36-40(35-25)21-14-30-37(4)18-21/h12-15,18,20H,5-11,16-17H2,1-4H3,(H2,29,31,32,33)/t20-/m0/s1. The molecule has 6 heterocycles. The summed E-state index contributed by atoms with van der Waals surface area (Å²) in [5.74, 6) is 1.89. The zero-order chi connectivity index (χ0) is 30.7. The summed E-state index contributed by atoms with van der Waals surface area (Å²) >= 11 is 1.42. The first kappa shape index (κ1) is 29.9. The van der Waals surface area contributed by atoms with Crippen LogP contribution in [0.3, 0.4) is 0 Å². The monoisotopic (exact) mass is 622 g/mol. The Bertz CT molecular complexity index is 1570. The first-order chi connectivity index (χ1) is 21.2. The first-order valence-corrected chi connectivity index (χ1v) is 15.6. The molecule has 1 atom stereocenters. The number of piperidine rings is 1. The van der Waals surface area contributed by atoms with Crippen molar-refractivity contribution in [3.05, 3.63) is 36.3 Å². The van der Waals surface area contributed by atoms with Crippen molar-refractivity contribution in [1.29, 1.82) is 0 Å². The van der Waals surface area contributed by atoms with Gasteiger partial charge in [0, 0.05) is 45.8 Å². The van der Waals surface area contributed by atoms with Gasteiger partial charge in [-0.05, 0) is 56.5 Å². The van der Waals surface area contributed by atoms with Gasteiger partial charge in [0.2, 0.25) is 5.82 Å². The number of hydrogen-bond acceptors (Lipinski definition) is 13.